The maximum atomic E-state index is 11.8. The van der Waals surface area contributed by atoms with E-state index < -0.39 is 6.10 Å². The quantitative estimate of drug-likeness (QED) is 0.824. The molecule has 1 amide bonds. The highest BCUT2D eigenvalue weighted by molar-refractivity contribution is 5.80. The first kappa shape index (κ1) is 13.5. The molecule has 5 nitrogen and oxygen atoms in total. The molecular weight excluding hydrogens is 242 g/mol. The summed E-state index contributed by atoms with van der Waals surface area (Å²) in [7, 11) is 0. The summed E-state index contributed by atoms with van der Waals surface area (Å²) in [6.07, 6.45) is 2.80. The molecule has 2 aromatic rings. The molecule has 0 aliphatic heterocycles. The molecule has 1 unspecified atom stereocenters. The zero-order valence-corrected chi connectivity index (χ0v) is 11.0. The van der Waals surface area contributed by atoms with Crippen molar-refractivity contribution < 1.29 is 9.90 Å². The Morgan fingerprint density at radius 3 is 3.05 bits per heavy atom. The first-order valence-electron chi connectivity index (χ1n) is 6.55. The molecule has 1 aromatic carbocycles. The number of amides is 1. The second kappa shape index (κ2) is 6.33. The number of fused-ring (bicyclic) bond motifs is 1. The molecule has 0 spiro atoms. The highest BCUT2D eigenvalue weighted by Crippen LogP contribution is 2.11. The van der Waals surface area contributed by atoms with Crippen molar-refractivity contribution in [3.63, 3.8) is 0 Å². The topological polar surface area (TPSA) is 67.2 Å². The van der Waals surface area contributed by atoms with Crippen molar-refractivity contribution in [2.45, 2.75) is 32.4 Å². The molecule has 0 aliphatic carbocycles. The fraction of sp³-hybridized carbons (Fsp3) is 0.429. The van der Waals surface area contributed by atoms with Gasteiger partial charge in [-0.1, -0.05) is 25.5 Å². The minimum Gasteiger partial charge on any atom is -0.391 e. The summed E-state index contributed by atoms with van der Waals surface area (Å²) < 4.78 is 1.80. The molecule has 2 rings (SSSR count). The number of nitrogens with zero attached hydrogens (tertiary/aromatic N) is 2. The van der Waals surface area contributed by atoms with Gasteiger partial charge in [-0.2, -0.15) is 0 Å². The molecule has 19 heavy (non-hydrogen) atoms. The molecule has 0 saturated heterocycles. The van der Waals surface area contributed by atoms with Crippen molar-refractivity contribution in [1.29, 1.82) is 0 Å². The van der Waals surface area contributed by atoms with Crippen LogP contribution in [0.1, 0.15) is 19.8 Å². The zero-order valence-electron chi connectivity index (χ0n) is 11.0. The Bertz CT molecular complexity index is 550. The third-order valence-electron chi connectivity index (χ3n) is 3.00. The lowest BCUT2D eigenvalue weighted by atomic mass is 10.2. The summed E-state index contributed by atoms with van der Waals surface area (Å²) in [5.41, 5.74) is 1.81. The third kappa shape index (κ3) is 3.54. The standard InChI is InChI=1S/C14H19N3O2/c1-2-5-11(18)8-15-14(19)9-17-10-16-12-6-3-4-7-13(12)17/h3-4,6-7,10-11,18H,2,5,8-9H2,1H3,(H,15,19). The van der Waals surface area contributed by atoms with Gasteiger partial charge in [-0.15, -0.1) is 0 Å². The number of nitrogens with one attached hydrogen (secondary N) is 1. The lowest BCUT2D eigenvalue weighted by molar-refractivity contribution is -0.122. The van der Waals surface area contributed by atoms with E-state index in [1.165, 1.54) is 0 Å². The van der Waals surface area contributed by atoms with Crippen LogP contribution in [0.5, 0.6) is 0 Å². The molecule has 102 valence electrons. The number of aliphatic hydroxyl groups excluding tert-OH is 1. The van der Waals surface area contributed by atoms with Crippen LogP contribution in [0.15, 0.2) is 30.6 Å². The van der Waals surface area contributed by atoms with Gasteiger partial charge in [0.25, 0.3) is 0 Å². The van der Waals surface area contributed by atoms with Gasteiger partial charge in [0.2, 0.25) is 5.91 Å². The minimum absolute atomic E-state index is 0.113. The van der Waals surface area contributed by atoms with Gasteiger partial charge >= 0.3 is 0 Å². The SMILES string of the molecule is CCCC(O)CNC(=O)Cn1cnc2ccccc21. The molecule has 0 bridgehead atoms. The van der Waals surface area contributed by atoms with E-state index >= 15 is 0 Å². The van der Waals surface area contributed by atoms with E-state index in [2.05, 4.69) is 10.3 Å². The Balaban J connectivity index is 1.92. The first-order valence-corrected chi connectivity index (χ1v) is 6.55. The highest BCUT2D eigenvalue weighted by Gasteiger charge is 2.08. The number of hydrogen-bond acceptors (Lipinski definition) is 3. The zero-order chi connectivity index (χ0) is 13.7. The van der Waals surface area contributed by atoms with Crippen LogP contribution < -0.4 is 5.32 Å². The molecule has 5 heteroatoms. The molecule has 1 aromatic heterocycles. The van der Waals surface area contributed by atoms with Crippen LogP contribution in [-0.2, 0) is 11.3 Å². The summed E-state index contributed by atoms with van der Waals surface area (Å²) in [6, 6.07) is 7.68. The first-order chi connectivity index (χ1) is 9.20. The Kier molecular flexibility index (Phi) is 4.52. The Hall–Kier alpha value is -1.88. The van der Waals surface area contributed by atoms with E-state index in [-0.39, 0.29) is 12.5 Å². The van der Waals surface area contributed by atoms with Crippen LogP contribution in [0, 0.1) is 0 Å². The van der Waals surface area contributed by atoms with Gasteiger partial charge in [0.1, 0.15) is 6.54 Å². The Labute approximate surface area is 112 Å². The Morgan fingerprint density at radius 1 is 1.47 bits per heavy atom. The number of aromatic nitrogens is 2. The second-order valence-corrected chi connectivity index (χ2v) is 4.61. The van der Waals surface area contributed by atoms with Gasteiger partial charge < -0.3 is 15.0 Å². The van der Waals surface area contributed by atoms with Crippen LogP contribution in [0.4, 0.5) is 0 Å². The normalized spacial score (nSPS) is 12.5. The monoisotopic (exact) mass is 261 g/mol. The number of imidazole rings is 1. The maximum Gasteiger partial charge on any atom is 0.240 e. The van der Waals surface area contributed by atoms with E-state index in [4.69, 9.17) is 0 Å². The van der Waals surface area contributed by atoms with Crippen molar-refractivity contribution in [3.8, 4) is 0 Å². The number of para-hydroxylation sites is 2. The lowest BCUT2D eigenvalue weighted by Gasteiger charge is -2.11. The van der Waals surface area contributed by atoms with Crippen molar-refractivity contribution in [2.24, 2.45) is 0 Å². The van der Waals surface area contributed by atoms with Crippen molar-refractivity contribution >= 4 is 16.9 Å². The molecule has 1 atom stereocenters. The second-order valence-electron chi connectivity index (χ2n) is 4.61. The lowest BCUT2D eigenvalue weighted by Crippen LogP contribution is -2.34. The summed E-state index contributed by atoms with van der Waals surface area (Å²) >= 11 is 0. The summed E-state index contributed by atoms with van der Waals surface area (Å²) in [5.74, 6) is -0.113. The van der Waals surface area contributed by atoms with Gasteiger partial charge in [0.15, 0.2) is 0 Å². The van der Waals surface area contributed by atoms with Crippen molar-refractivity contribution in [1.82, 2.24) is 14.9 Å². The van der Waals surface area contributed by atoms with Crippen LogP contribution in [0.3, 0.4) is 0 Å². The van der Waals surface area contributed by atoms with E-state index in [0.717, 1.165) is 17.5 Å². The van der Waals surface area contributed by atoms with Crippen molar-refractivity contribution in [3.05, 3.63) is 30.6 Å². The average Bonchev–Trinajstić information content (AvgIpc) is 2.80. The molecule has 0 saturated carbocycles. The highest BCUT2D eigenvalue weighted by atomic mass is 16.3. The van der Waals surface area contributed by atoms with Gasteiger partial charge in [-0.25, -0.2) is 4.98 Å². The van der Waals surface area contributed by atoms with Crippen LogP contribution >= 0.6 is 0 Å². The van der Waals surface area contributed by atoms with Gasteiger partial charge in [-0.05, 0) is 18.6 Å². The smallest absolute Gasteiger partial charge is 0.240 e. The molecule has 0 fully saturated rings. The van der Waals surface area contributed by atoms with Crippen LogP contribution in [0.2, 0.25) is 0 Å². The molecule has 0 aliphatic rings. The molecule has 0 radical (unpaired) electrons. The number of hydrogen-bond donors (Lipinski definition) is 2. The predicted octanol–water partition coefficient (Wildman–Crippen LogP) is 1.31. The van der Waals surface area contributed by atoms with Gasteiger partial charge in [0.05, 0.1) is 23.5 Å². The van der Waals surface area contributed by atoms with Crippen LogP contribution in [0.25, 0.3) is 11.0 Å². The van der Waals surface area contributed by atoms with E-state index in [9.17, 15) is 9.90 Å². The fourth-order valence-electron chi connectivity index (χ4n) is 2.01. The predicted molar refractivity (Wildman–Crippen MR) is 73.7 cm³/mol. The Morgan fingerprint density at radius 2 is 2.26 bits per heavy atom. The fourth-order valence-corrected chi connectivity index (χ4v) is 2.01. The van der Waals surface area contributed by atoms with E-state index in [0.29, 0.717) is 13.0 Å². The number of rotatable bonds is 6. The van der Waals surface area contributed by atoms with Gasteiger partial charge in [0, 0.05) is 6.54 Å². The number of aliphatic hydroxyl groups is 1. The van der Waals surface area contributed by atoms with E-state index in [1.807, 2.05) is 31.2 Å². The molecule has 1 heterocycles. The number of carbonyl (C=O) groups is 1. The van der Waals surface area contributed by atoms with Crippen LogP contribution in [-0.4, -0.2) is 33.2 Å². The summed E-state index contributed by atoms with van der Waals surface area (Å²) in [4.78, 5) is 16.0. The van der Waals surface area contributed by atoms with Crippen molar-refractivity contribution in [2.75, 3.05) is 6.54 Å². The number of carbonyl (C=O) groups excluding carboxylic acids is 1. The van der Waals surface area contributed by atoms with Gasteiger partial charge in [-0.3, -0.25) is 4.79 Å². The maximum absolute atomic E-state index is 11.8. The largest absolute Gasteiger partial charge is 0.391 e. The summed E-state index contributed by atoms with van der Waals surface area (Å²) in [5, 5.41) is 12.3. The molecular formula is C14H19N3O2. The third-order valence-corrected chi connectivity index (χ3v) is 3.00. The summed E-state index contributed by atoms with van der Waals surface area (Å²) in [6.45, 7) is 2.53. The minimum atomic E-state index is -0.464. The van der Waals surface area contributed by atoms with E-state index in [1.54, 1.807) is 10.9 Å². The number of benzene rings is 1. The average molecular weight is 261 g/mol. The molecule has 2 N–H and O–H groups in total.